The van der Waals surface area contributed by atoms with E-state index >= 15 is 0 Å². The van der Waals surface area contributed by atoms with Crippen LogP contribution in [0.3, 0.4) is 0 Å². The van der Waals surface area contributed by atoms with Gasteiger partial charge >= 0.3 is 0 Å². The SMILES string of the molecule is C[n+]1cscc1CC(C(=O)[C@@H]1CCC(=O)N1)C(=O)N1CCC[C@H]1C(N)=O. The first-order valence-corrected chi connectivity index (χ1v) is 9.66. The molecule has 1 unspecified atom stereocenters. The molecule has 8 nitrogen and oxygen atoms in total. The Morgan fingerprint density at radius 1 is 1.42 bits per heavy atom. The summed E-state index contributed by atoms with van der Waals surface area (Å²) in [6.07, 6.45) is 2.14. The number of thiazole rings is 1. The van der Waals surface area contributed by atoms with E-state index < -0.39 is 23.9 Å². The molecule has 2 saturated heterocycles. The molecule has 0 aliphatic carbocycles. The number of carbonyl (C=O) groups is 4. The van der Waals surface area contributed by atoms with E-state index in [1.54, 1.807) is 0 Å². The Bertz CT molecular complexity index is 747. The quantitative estimate of drug-likeness (QED) is 0.490. The topological polar surface area (TPSA) is 113 Å². The van der Waals surface area contributed by atoms with Gasteiger partial charge in [0, 0.05) is 13.0 Å². The van der Waals surface area contributed by atoms with Gasteiger partial charge in [-0.3, -0.25) is 19.2 Å². The molecule has 0 aromatic carbocycles. The lowest BCUT2D eigenvalue weighted by Crippen LogP contribution is -2.51. The number of nitrogens with two attached hydrogens (primary N) is 1. The normalized spacial score (nSPS) is 23.7. The van der Waals surface area contributed by atoms with E-state index in [9.17, 15) is 19.2 Å². The van der Waals surface area contributed by atoms with Gasteiger partial charge in [-0.15, -0.1) is 0 Å². The number of hydrogen-bond donors (Lipinski definition) is 2. The molecule has 3 rings (SSSR count). The minimum Gasteiger partial charge on any atom is -0.368 e. The molecule has 140 valence electrons. The average Bonchev–Trinajstić information content (AvgIpc) is 3.32. The molecule has 9 heteroatoms. The van der Waals surface area contributed by atoms with Gasteiger partial charge in [-0.25, -0.2) is 0 Å². The van der Waals surface area contributed by atoms with Crippen molar-refractivity contribution < 1.29 is 23.7 Å². The van der Waals surface area contributed by atoms with Crippen LogP contribution in [-0.2, 0) is 32.6 Å². The number of carbonyl (C=O) groups excluding carboxylic acids is 4. The van der Waals surface area contributed by atoms with Crippen LogP contribution in [0.1, 0.15) is 31.4 Å². The maximum Gasteiger partial charge on any atom is 0.240 e. The summed E-state index contributed by atoms with van der Waals surface area (Å²) in [6, 6.07) is -1.30. The van der Waals surface area contributed by atoms with Gasteiger partial charge < -0.3 is 16.0 Å². The van der Waals surface area contributed by atoms with Crippen LogP contribution in [-0.4, -0.2) is 47.0 Å². The Morgan fingerprint density at radius 2 is 2.19 bits per heavy atom. The monoisotopic (exact) mass is 379 g/mol. The molecule has 3 N–H and O–H groups in total. The zero-order chi connectivity index (χ0) is 18.8. The first kappa shape index (κ1) is 18.5. The molecule has 2 aliphatic rings. The molecular formula is C17H23N4O4S+. The minimum absolute atomic E-state index is 0.174. The molecular weight excluding hydrogens is 356 g/mol. The first-order valence-electron chi connectivity index (χ1n) is 8.72. The minimum atomic E-state index is -0.931. The number of aryl methyl sites for hydroxylation is 1. The largest absolute Gasteiger partial charge is 0.368 e. The van der Waals surface area contributed by atoms with Crippen LogP contribution >= 0.6 is 11.3 Å². The molecule has 0 saturated carbocycles. The second-order valence-electron chi connectivity index (χ2n) is 6.87. The number of hydrogen-bond acceptors (Lipinski definition) is 5. The van der Waals surface area contributed by atoms with E-state index in [-0.39, 0.29) is 30.4 Å². The number of Topliss-reactive ketones (excluding diaryl/α,β-unsaturated/α-hetero) is 1. The lowest BCUT2D eigenvalue weighted by molar-refractivity contribution is -0.674. The van der Waals surface area contributed by atoms with E-state index in [1.807, 2.05) is 22.5 Å². The molecule has 2 fully saturated rings. The number of primary amides is 1. The summed E-state index contributed by atoms with van der Waals surface area (Å²) in [6.45, 7) is 0.420. The fourth-order valence-electron chi connectivity index (χ4n) is 3.66. The third-order valence-electron chi connectivity index (χ3n) is 5.13. The molecule has 3 atom stereocenters. The number of ketones is 1. The highest BCUT2D eigenvalue weighted by atomic mass is 32.1. The summed E-state index contributed by atoms with van der Waals surface area (Å²) >= 11 is 1.48. The van der Waals surface area contributed by atoms with Gasteiger partial charge in [-0.05, 0) is 19.3 Å². The highest BCUT2D eigenvalue weighted by Gasteiger charge is 2.43. The van der Waals surface area contributed by atoms with Gasteiger partial charge in [0.1, 0.15) is 19.0 Å². The van der Waals surface area contributed by atoms with Crippen molar-refractivity contribution in [3.63, 3.8) is 0 Å². The Labute approximate surface area is 155 Å². The van der Waals surface area contributed by atoms with Crippen molar-refractivity contribution in [2.24, 2.45) is 18.7 Å². The first-order chi connectivity index (χ1) is 12.4. The average molecular weight is 379 g/mol. The van der Waals surface area contributed by atoms with Gasteiger partial charge in [0.25, 0.3) is 0 Å². The molecule has 0 spiro atoms. The second kappa shape index (κ2) is 7.53. The summed E-state index contributed by atoms with van der Waals surface area (Å²) in [4.78, 5) is 50.8. The molecule has 26 heavy (non-hydrogen) atoms. The summed E-state index contributed by atoms with van der Waals surface area (Å²) in [7, 11) is 1.86. The summed E-state index contributed by atoms with van der Waals surface area (Å²) < 4.78 is 1.88. The molecule has 0 bridgehead atoms. The number of nitrogens with one attached hydrogen (secondary N) is 1. The van der Waals surface area contributed by atoms with E-state index in [0.29, 0.717) is 25.8 Å². The third-order valence-corrected chi connectivity index (χ3v) is 5.98. The fourth-order valence-corrected chi connectivity index (χ4v) is 4.46. The van der Waals surface area contributed by atoms with Crippen LogP contribution in [0.25, 0.3) is 0 Å². The zero-order valence-electron chi connectivity index (χ0n) is 14.6. The van der Waals surface area contributed by atoms with Gasteiger partial charge in [-0.2, -0.15) is 4.57 Å². The molecule has 3 heterocycles. The van der Waals surface area contributed by atoms with Crippen LogP contribution in [0, 0.1) is 5.92 Å². The van der Waals surface area contributed by atoms with Crippen LogP contribution in [0.2, 0.25) is 0 Å². The van der Waals surface area contributed by atoms with E-state index in [0.717, 1.165) is 5.69 Å². The Hall–Kier alpha value is -2.29. The van der Waals surface area contributed by atoms with Crippen LogP contribution in [0.5, 0.6) is 0 Å². The molecule has 3 amide bonds. The molecule has 0 radical (unpaired) electrons. The van der Waals surface area contributed by atoms with E-state index in [4.69, 9.17) is 5.73 Å². The Balaban J connectivity index is 1.85. The highest BCUT2D eigenvalue weighted by Crippen LogP contribution is 2.24. The van der Waals surface area contributed by atoms with Crippen molar-refractivity contribution in [2.45, 2.75) is 44.2 Å². The fraction of sp³-hybridized carbons (Fsp3) is 0.588. The van der Waals surface area contributed by atoms with Gasteiger partial charge in [0.05, 0.1) is 17.8 Å². The number of amides is 3. The standard InChI is InChI=1S/C17H22N4O4S/c1-20-9-26-8-10(20)7-11(15(23)12-4-5-14(22)19-12)17(25)21-6-2-3-13(21)16(18)24/h8-9,11-13H,2-7H2,1H3,(H2-,18,19,22,24)/p+1/t11?,12-,13-/m0/s1. The highest BCUT2D eigenvalue weighted by molar-refractivity contribution is 7.07. The predicted molar refractivity (Wildman–Crippen MR) is 92.8 cm³/mol. The maximum atomic E-state index is 13.2. The molecule has 1 aromatic heterocycles. The van der Waals surface area contributed by atoms with Gasteiger partial charge in [0.2, 0.25) is 23.2 Å². The number of rotatable bonds is 6. The summed E-state index contributed by atoms with van der Waals surface area (Å²) in [5, 5.41) is 4.55. The van der Waals surface area contributed by atoms with Crippen molar-refractivity contribution in [3.8, 4) is 0 Å². The predicted octanol–water partition coefficient (Wildman–Crippen LogP) is -0.945. The zero-order valence-corrected chi connectivity index (χ0v) is 15.5. The molecule has 2 aliphatic heterocycles. The van der Waals surface area contributed by atoms with Crippen molar-refractivity contribution in [2.75, 3.05) is 6.54 Å². The number of nitrogens with zero attached hydrogens (tertiary/aromatic N) is 2. The maximum absolute atomic E-state index is 13.2. The van der Waals surface area contributed by atoms with E-state index in [2.05, 4.69) is 5.32 Å². The molecule has 1 aromatic rings. The van der Waals surface area contributed by atoms with Crippen LogP contribution in [0.15, 0.2) is 10.9 Å². The summed E-state index contributed by atoms with van der Waals surface area (Å²) in [5.41, 5.74) is 8.18. The number of aromatic nitrogens is 1. The lowest BCUT2D eigenvalue weighted by atomic mass is 9.91. The van der Waals surface area contributed by atoms with Crippen molar-refractivity contribution in [3.05, 3.63) is 16.6 Å². The van der Waals surface area contributed by atoms with Crippen LogP contribution in [0.4, 0.5) is 0 Å². The third kappa shape index (κ3) is 3.62. The van der Waals surface area contributed by atoms with Gasteiger partial charge in [-0.1, -0.05) is 11.3 Å². The van der Waals surface area contributed by atoms with Gasteiger partial charge in [0.15, 0.2) is 11.5 Å². The van der Waals surface area contributed by atoms with E-state index in [1.165, 1.54) is 16.2 Å². The smallest absolute Gasteiger partial charge is 0.240 e. The van der Waals surface area contributed by atoms with Crippen molar-refractivity contribution in [1.29, 1.82) is 0 Å². The Kier molecular flexibility index (Phi) is 5.36. The van der Waals surface area contributed by atoms with Crippen molar-refractivity contribution >= 4 is 34.8 Å². The van der Waals surface area contributed by atoms with Crippen LogP contribution < -0.4 is 15.6 Å². The second-order valence-corrected chi connectivity index (χ2v) is 7.59. The lowest BCUT2D eigenvalue weighted by Gasteiger charge is -2.27. The Morgan fingerprint density at radius 3 is 2.77 bits per heavy atom. The number of likely N-dealkylation sites (tertiary alicyclic amines) is 1. The summed E-state index contributed by atoms with van der Waals surface area (Å²) in [5.74, 6) is -2.31. The van der Waals surface area contributed by atoms with Crippen molar-refractivity contribution in [1.82, 2.24) is 10.2 Å².